The highest BCUT2D eigenvalue weighted by Crippen LogP contribution is 2.28. The molecule has 3 heterocycles. The predicted octanol–water partition coefficient (Wildman–Crippen LogP) is 4.68. The van der Waals surface area contributed by atoms with Gasteiger partial charge in [0.25, 0.3) is 0 Å². The summed E-state index contributed by atoms with van der Waals surface area (Å²) in [5.74, 6) is 3.28. The fourth-order valence-corrected chi connectivity index (χ4v) is 5.29. The van der Waals surface area contributed by atoms with Crippen LogP contribution in [-0.2, 0) is 6.54 Å². The van der Waals surface area contributed by atoms with Crippen LogP contribution in [0.25, 0.3) is 0 Å². The first kappa shape index (κ1) is 26.0. The zero-order valence-corrected chi connectivity index (χ0v) is 23.1. The third kappa shape index (κ3) is 6.45. The molecule has 0 amide bonds. The van der Waals surface area contributed by atoms with Gasteiger partial charge in [-0.1, -0.05) is 30.3 Å². The Labute approximate surface area is 231 Å². The maximum absolute atomic E-state index is 5.62. The van der Waals surface area contributed by atoms with E-state index in [9.17, 15) is 0 Å². The Morgan fingerprint density at radius 1 is 0.921 bits per heavy atom. The Morgan fingerprint density at radius 3 is 2.34 bits per heavy atom. The fraction of sp³-hybridized carbons (Fsp3) is 0.414. The molecule has 0 saturated carbocycles. The van der Waals surface area contributed by atoms with Crippen LogP contribution in [0.5, 0.6) is 5.75 Å². The Kier molecular flexibility index (Phi) is 8.43. The number of anilines is 4. The molecule has 200 valence electrons. The van der Waals surface area contributed by atoms with Gasteiger partial charge in [0.1, 0.15) is 17.4 Å². The largest absolute Gasteiger partial charge is 0.497 e. The second-order valence-electron chi connectivity index (χ2n) is 9.91. The minimum atomic E-state index is 0.453. The van der Waals surface area contributed by atoms with Crippen molar-refractivity contribution >= 4 is 40.6 Å². The van der Waals surface area contributed by atoms with Gasteiger partial charge in [0.15, 0.2) is 5.11 Å². The molecule has 2 fully saturated rings. The Balaban J connectivity index is 1.29. The third-order valence-corrected chi connectivity index (χ3v) is 7.61. The SMILES string of the molecule is COc1ccc(CNC(=S)Nc2nc(N3CCN(c4ccccc4)CC3)cc(N3CCCC[C@@H]3C)n2)cc1. The summed E-state index contributed by atoms with van der Waals surface area (Å²) < 4.78 is 5.25. The first-order valence-corrected chi connectivity index (χ1v) is 13.9. The lowest BCUT2D eigenvalue weighted by Gasteiger charge is -2.38. The summed E-state index contributed by atoms with van der Waals surface area (Å²) in [6.45, 7) is 7.61. The van der Waals surface area contributed by atoms with Gasteiger partial charge in [-0.3, -0.25) is 0 Å². The van der Waals surface area contributed by atoms with E-state index in [1.54, 1.807) is 7.11 Å². The van der Waals surface area contributed by atoms with E-state index in [0.717, 1.165) is 55.7 Å². The summed E-state index contributed by atoms with van der Waals surface area (Å²) in [6, 6.07) is 21.2. The van der Waals surface area contributed by atoms with Crippen LogP contribution < -0.4 is 30.1 Å². The van der Waals surface area contributed by atoms with Crippen molar-refractivity contribution in [2.75, 3.05) is 59.9 Å². The van der Waals surface area contributed by atoms with E-state index in [4.69, 9.17) is 26.9 Å². The number of nitrogens with one attached hydrogen (secondary N) is 2. The summed E-state index contributed by atoms with van der Waals surface area (Å²) in [6.07, 6.45) is 3.63. The molecule has 0 radical (unpaired) electrons. The molecule has 8 nitrogen and oxygen atoms in total. The number of hydrogen-bond donors (Lipinski definition) is 2. The number of methoxy groups -OCH3 is 1. The average molecular weight is 532 g/mol. The Morgan fingerprint density at radius 2 is 1.63 bits per heavy atom. The number of aromatic nitrogens is 2. The molecule has 0 spiro atoms. The lowest BCUT2D eigenvalue weighted by molar-refractivity contribution is 0.414. The van der Waals surface area contributed by atoms with E-state index < -0.39 is 0 Å². The quantitative estimate of drug-likeness (QED) is 0.423. The minimum Gasteiger partial charge on any atom is -0.497 e. The standard InChI is InChI=1S/C29H37N7OS/c1-22-8-6-7-15-36(22)27-20-26(35-18-16-34(17-19-35)24-9-4-3-5-10-24)31-28(32-27)33-29(38)30-21-23-11-13-25(37-2)14-12-23/h3-5,9-14,20,22H,6-8,15-19,21H2,1-2H3,(H2,30,31,32,33,38)/t22-/m0/s1. The molecule has 0 unspecified atom stereocenters. The van der Waals surface area contributed by atoms with Crippen molar-refractivity contribution in [3.05, 3.63) is 66.2 Å². The molecule has 1 atom stereocenters. The Bertz CT molecular complexity index is 1200. The highest BCUT2D eigenvalue weighted by atomic mass is 32.1. The van der Waals surface area contributed by atoms with E-state index in [1.807, 2.05) is 24.3 Å². The van der Waals surface area contributed by atoms with Gasteiger partial charge in [-0.25, -0.2) is 0 Å². The van der Waals surface area contributed by atoms with Crippen LogP contribution in [0.3, 0.4) is 0 Å². The zero-order valence-electron chi connectivity index (χ0n) is 22.3. The van der Waals surface area contributed by atoms with Gasteiger partial charge >= 0.3 is 0 Å². The topological polar surface area (TPSA) is 68.8 Å². The number of benzene rings is 2. The van der Waals surface area contributed by atoms with Gasteiger partial charge in [-0.05, 0) is 68.2 Å². The second-order valence-corrected chi connectivity index (χ2v) is 10.3. The van der Waals surface area contributed by atoms with Gasteiger partial charge in [0.2, 0.25) is 5.95 Å². The van der Waals surface area contributed by atoms with Crippen LogP contribution in [0, 0.1) is 0 Å². The molecular formula is C29H37N7OS. The highest BCUT2D eigenvalue weighted by Gasteiger charge is 2.24. The normalized spacial score (nSPS) is 17.7. The third-order valence-electron chi connectivity index (χ3n) is 7.36. The van der Waals surface area contributed by atoms with Crippen LogP contribution in [0.4, 0.5) is 23.3 Å². The van der Waals surface area contributed by atoms with Crippen LogP contribution >= 0.6 is 12.2 Å². The van der Waals surface area contributed by atoms with Crippen molar-refractivity contribution in [3.63, 3.8) is 0 Å². The lowest BCUT2D eigenvalue weighted by Crippen LogP contribution is -2.47. The van der Waals surface area contributed by atoms with Crippen LogP contribution in [-0.4, -0.2) is 61.0 Å². The summed E-state index contributed by atoms with van der Waals surface area (Å²) >= 11 is 5.62. The number of hydrogen-bond acceptors (Lipinski definition) is 7. The molecular weight excluding hydrogens is 494 g/mol. The number of piperazine rings is 1. The van der Waals surface area contributed by atoms with Gasteiger partial charge in [0, 0.05) is 57.1 Å². The number of nitrogens with zero attached hydrogens (tertiary/aromatic N) is 5. The van der Waals surface area contributed by atoms with Crippen LogP contribution in [0.15, 0.2) is 60.7 Å². The molecule has 3 aromatic rings. The molecule has 2 N–H and O–H groups in total. The number of rotatable bonds is 7. The van der Waals surface area contributed by atoms with E-state index in [1.165, 1.54) is 24.9 Å². The van der Waals surface area contributed by atoms with Crippen LogP contribution in [0.1, 0.15) is 31.7 Å². The van der Waals surface area contributed by atoms with Crippen molar-refractivity contribution in [1.29, 1.82) is 0 Å². The zero-order chi connectivity index (χ0) is 26.3. The van der Waals surface area contributed by atoms with Crippen molar-refractivity contribution in [3.8, 4) is 5.75 Å². The first-order chi connectivity index (χ1) is 18.6. The predicted molar refractivity (Wildman–Crippen MR) is 160 cm³/mol. The number of ether oxygens (including phenoxy) is 1. The summed E-state index contributed by atoms with van der Waals surface area (Å²) in [5.41, 5.74) is 2.39. The van der Waals surface area contributed by atoms with Gasteiger partial charge < -0.3 is 30.1 Å². The average Bonchev–Trinajstić information content (AvgIpc) is 2.97. The van der Waals surface area contributed by atoms with Gasteiger partial charge in [-0.15, -0.1) is 0 Å². The molecule has 0 aliphatic carbocycles. The molecule has 2 saturated heterocycles. The molecule has 9 heteroatoms. The maximum atomic E-state index is 5.62. The van der Waals surface area contributed by atoms with Gasteiger partial charge in [-0.2, -0.15) is 9.97 Å². The fourth-order valence-electron chi connectivity index (χ4n) is 5.13. The second kappa shape index (κ2) is 12.3. The summed E-state index contributed by atoms with van der Waals surface area (Å²) in [7, 11) is 1.67. The van der Waals surface area contributed by atoms with Gasteiger partial charge in [0.05, 0.1) is 7.11 Å². The van der Waals surface area contributed by atoms with E-state index in [0.29, 0.717) is 23.6 Å². The van der Waals surface area contributed by atoms with Crippen molar-refractivity contribution < 1.29 is 4.74 Å². The lowest BCUT2D eigenvalue weighted by atomic mass is 10.0. The van der Waals surface area contributed by atoms with Crippen LogP contribution in [0.2, 0.25) is 0 Å². The van der Waals surface area contributed by atoms with Crippen molar-refractivity contribution in [2.45, 2.75) is 38.8 Å². The monoisotopic (exact) mass is 531 g/mol. The molecule has 2 aliphatic rings. The molecule has 0 bridgehead atoms. The first-order valence-electron chi connectivity index (χ1n) is 13.5. The molecule has 2 aliphatic heterocycles. The number of para-hydroxylation sites is 1. The molecule has 5 rings (SSSR count). The smallest absolute Gasteiger partial charge is 0.232 e. The highest BCUT2D eigenvalue weighted by molar-refractivity contribution is 7.80. The van der Waals surface area contributed by atoms with E-state index in [-0.39, 0.29) is 0 Å². The summed E-state index contributed by atoms with van der Waals surface area (Å²) in [5, 5.41) is 7.04. The minimum absolute atomic E-state index is 0.453. The number of piperidine rings is 1. The molecule has 2 aromatic carbocycles. The van der Waals surface area contributed by atoms with E-state index >= 15 is 0 Å². The van der Waals surface area contributed by atoms with E-state index in [2.05, 4.69) is 68.7 Å². The molecule has 38 heavy (non-hydrogen) atoms. The van der Waals surface area contributed by atoms with Crippen molar-refractivity contribution in [2.24, 2.45) is 0 Å². The maximum Gasteiger partial charge on any atom is 0.232 e. The van der Waals surface area contributed by atoms with Crippen molar-refractivity contribution in [1.82, 2.24) is 15.3 Å². The Hall–Kier alpha value is -3.59. The molecule has 1 aromatic heterocycles. The summed E-state index contributed by atoms with van der Waals surface area (Å²) in [4.78, 5) is 17.0. The number of thiocarbonyl (C=S) groups is 1.